The van der Waals surface area contributed by atoms with Gasteiger partial charge in [-0.15, -0.1) is 0 Å². The first-order valence-corrected chi connectivity index (χ1v) is 6.77. The molecular formula is C16H19ClN2. The standard InChI is InChI=1S/C16H19ClN2/c1-12(15-5-3-4-6-16(15)17)19(2)14-9-7-13(11-18)8-10-14/h3-10,12H,11,18H2,1-2H3. The maximum absolute atomic E-state index is 6.26. The van der Waals surface area contributed by atoms with E-state index in [0.29, 0.717) is 6.54 Å². The van der Waals surface area contributed by atoms with E-state index in [1.165, 1.54) is 0 Å². The zero-order valence-electron chi connectivity index (χ0n) is 11.3. The first-order valence-electron chi connectivity index (χ1n) is 6.39. The molecule has 100 valence electrons. The summed E-state index contributed by atoms with van der Waals surface area (Å²) in [7, 11) is 2.07. The molecule has 0 heterocycles. The first kappa shape index (κ1) is 13.9. The van der Waals surface area contributed by atoms with E-state index in [-0.39, 0.29) is 6.04 Å². The van der Waals surface area contributed by atoms with Crippen molar-refractivity contribution >= 4 is 17.3 Å². The molecule has 19 heavy (non-hydrogen) atoms. The van der Waals surface area contributed by atoms with Crippen molar-refractivity contribution in [1.29, 1.82) is 0 Å². The number of benzene rings is 2. The number of halogens is 1. The second-order valence-corrected chi connectivity index (χ2v) is 5.09. The second kappa shape index (κ2) is 6.09. The zero-order chi connectivity index (χ0) is 13.8. The van der Waals surface area contributed by atoms with E-state index in [2.05, 4.69) is 49.2 Å². The van der Waals surface area contributed by atoms with Gasteiger partial charge in [0.1, 0.15) is 0 Å². The van der Waals surface area contributed by atoms with Crippen LogP contribution in [0.4, 0.5) is 5.69 Å². The monoisotopic (exact) mass is 274 g/mol. The highest BCUT2D eigenvalue weighted by Gasteiger charge is 2.14. The summed E-state index contributed by atoms with van der Waals surface area (Å²) in [5.74, 6) is 0. The molecule has 0 bridgehead atoms. The second-order valence-electron chi connectivity index (χ2n) is 4.68. The van der Waals surface area contributed by atoms with E-state index in [1.54, 1.807) is 0 Å². The van der Waals surface area contributed by atoms with E-state index in [0.717, 1.165) is 21.8 Å². The zero-order valence-corrected chi connectivity index (χ0v) is 12.1. The van der Waals surface area contributed by atoms with Gasteiger partial charge in [0.05, 0.1) is 6.04 Å². The van der Waals surface area contributed by atoms with Gasteiger partial charge in [-0.2, -0.15) is 0 Å². The van der Waals surface area contributed by atoms with Gasteiger partial charge in [0.15, 0.2) is 0 Å². The fourth-order valence-electron chi connectivity index (χ4n) is 2.11. The fraction of sp³-hybridized carbons (Fsp3) is 0.250. The van der Waals surface area contributed by atoms with Crippen LogP contribution in [0.2, 0.25) is 5.02 Å². The summed E-state index contributed by atoms with van der Waals surface area (Å²) in [6, 6.07) is 16.5. The van der Waals surface area contributed by atoms with Crippen LogP contribution in [0, 0.1) is 0 Å². The van der Waals surface area contributed by atoms with Crippen LogP contribution in [0.15, 0.2) is 48.5 Å². The van der Waals surface area contributed by atoms with Gasteiger partial charge in [0.25, 0.3) is 0 Å². The summed E-state index contributed by atoms with van der Waals surface area (Å²) in [4.78, 5) is 2.21. The molecule has 2 rings (SSSR count). The number of hydrogen-bond donors (Lipinski definition) is 1. The van der Waals surface area contributed by atoms with Crippen LogP contribution in [-0.2, 0) is 6.54 Å². The number of rotatable bonds is 4. The molecule has 0 radical (unpaired) electrons. The molecule has 0 spiro atoms. The van der Waals surface area contributed by atoms with Crippen molar-refractivity contribution in [3.8, 4) is 0 Å². The van der Waals surface area contributed by atoms with Gasteiger partial charge < -0.3 is 10.6 Å². The highest BCUT2D eigenvalue weighted by molar-refractivity contribution is 6.31. The van der Waals surface area contributed by atoms with Gasteiger partial charge in [0.2, 0.25) is 0 Å². The van der Waals surface area contributed by atoms with Gasteiger partial charge in [-0.05, 0) is 36.2 Å². The van der Waals surface area contributed by atoms with Crippen LogP contribution in [0.1, 0.15) is 24.1 Å². The minimum absolute atomic E-state index is 0.220. The molecular weight excluding hydrogens is 256 g/mol. The summed E-state index contributed by atoms with van der Waals surface area (Å²) in [6.45, 7) is 2.72. The quantitative estimate of drug-likeness (QED) is 0.913. The van der Waals surface area contributed by atoms with Gasteiger partial charge in [-0.25, -0.2) is 0 Å². The Balaban J connectivity index is 2.23. The summed E-state index contributed by atoms with van der Waals surface area (Å²) in [5, 5.41) is 0.806. The van der Waals surface area contributed by atoms with Crippen LogP contribution in [0.25, 0.3) is 0 Å². The highest BCUT2D eigenvalue weighted by Crippen LogP contribution is 2.29. The van der Waals surface area contributed by atoms with Crippen molar-refractivity contribution in [2.75, 3.05) is 11.9 Å². The topological polar surface area (TPSA) is 29.3 Å². The fourth-order valence-corrected chi connectivity index (χ4v) is 2.41. The Morgan fingerprint density at radius 1 is 1.11 bits per heavy atom. The third kappa shape index (κ3) is 3.09. The molecule has 0 aliphatic rings. The molecule has 3 heteroatoms. The van der Waals surface area contributed by atoms with Crippen LogP contribution in [0.5, 0.6) is 0 Å². The van der Waals surface area contributed by atoms with Crippen molar-refractivity contribution in [2.45, 2.75) is 19.5 Å². The number of nitrogens with zero attached hydrogens (tertiary/aromatic N) is 1. The molecule has 1 unspecified atom stereocenters. The van der Waals surface area contributed by atoms with E-state index < -0.39 is 0 Å². The van der Waals surface area contributed by atoms with E-state index in [4.69, 9.17) is 17.3 Å². The maximum Gasteiger partial charge on any atom is 0.0525 e. The Bertz CT molecular complexity index is 537. The Morgan fingerprint density at radius 2 is 1.74 bits per heavy atom. The molecule has 2 aromatic rings. The van der Waals surface area contributed by atoms with Gasteiger partial charge in [-0.1, -0.05) is 41.9 Å². The lowest BCUT2D eigenvalue weighted by atomic mass is 10.1. The van der Waals surface area contributed by atoms with Gasteiger partial charge in [-0.3, -0.25) is 0 Å². The van der Waals surface area contributed by atoms with Crippen LogP contribution >= 0.6 is 11.6 Å². The maximum atomic E-state index is 6.26. The lowest BCUT2D eigenvalue weighted by Crippen LogP contribution is -2.21. The van der Waals surface area contributed by atoms with Crippen molar-refractivity contribution < 1.29 is 0 Å². The van der Waals surface area contributed by atoms with Crippen molar-refractivity contribution in [1.82, 2.24) is 0 Å². The Labute approximate surface area is 119 Å². The van der Waals surface area contributed by atoms with Crippen molar-refractivity contribution in [3.05, 3.63) is 64.7 Å². The lowest BCUT2D eigenvalue weighted by Gasteiger charge is -2.28. The molecule has 1 atom stereocenters. The molecule has 2 aromatic carbocycles. The molecule has 0 aromatic heterocycles. The van der Waals surface area contributed by atoms with E-state index in [9.17, 15) is 0 Å². The van der Waals surface area contributed by atoms with Crippen LogP contribution in [-0.4, -0.2) is 7.05 Å². The summed E-state index contributed by atoms with van der Waals surface area (Å²) in [5.41, 5.74) is 9.05. The minimum atomic E-state index is 0.220. The Hall–Kier alpha value is -1.51. The Morgan fingerprint density at radius 3 is 2.32 bits per heavy atom. The average Bonchev–Trinajstić information content (AvgIpc) is 2.46. The smallest absolute Gasteiger partial charge is 0.0525 e. The lowest BCUT2D eigenvalue weighted by molar-refractivity contribution is 0.740. The SMILES string of the molecule is CC(c1ccccc1Cl)N(C)c1ccc(CN)cc1. The largest absolute Gasteiger partial charge is 0.368 e. The third-order valence-electron chi connectivity index (χ3n) is 3.52. The minimum Gasteiger partial charge on any atom is -0.368 e. The number of nitrogens with two attached hydrogens (primary N) is 1. The molecule has 0 aliphatic heterocycles. The molecule has 0 fully saturated rings. The third-order valence-corrected chi connectivity index (χ3v) is 3.86. The van der Waals surface area contributed by atoms with E-state index >= 15 is 0 Å². The van der Waals surface area contributed by atoms with Gasteiger partial charge >= 0.3 is 0 Å². The predicted octanol–water partition coefficient (Wildman–Crippen LogP) is 4.00. The van der Waals surface area contributed by atoms with E-state index in [1.807, 2.05) is 18.2 Å². The molecule has 0 amide bonds. The van der Waals surface area contributed by atoms with Gasteiger partial charge in [0, 0.05) is 24.3 Å². The highest BCUT2D eigenvalue weighted by atomic mass is 35.5. The van der Waals surface area contributed by atoms with Crippen molar-refractivity contribution in [3.63, 3.8) is 0 Å². The van der Waals surface area contributed by atoms with Crippen LogP contribution < -0.4 is 10.6 Å². The average molecular weight is 275 g/mol. The molecule has 0 saturated carbocycles. The van der Waals surface area contributed by atoms with Crippen molar-refractivity contribution in [2.24, 2.45) is 5.73 Å². The summed E-state index contributed by atoms with van der Waals surface area (Å²) >= 11 is 6.26. The molecule has 2 N–H and O–H groups in total. The normalized spacial score (nSPS) is 12.2. The van der Waals surface area contributed by atoms with Crippen LogP contribution in [0.3, 0.4) is 0 Å². The molecule has 0 saturated heterocycles. The summed E-state index contributed by atoms with van der Waals surface area (Å²) < 4.78 is 0. The Kier molecular flexibility index (Phi) is 4.46. The molecule has 2 nitrogen and oxygen atoms in total. The number of hydrogen-bond acceptors (Lipinski definition) is 2. The predicted molar refractivity (Wildman–Crippen MR) is 82.6 cm³/mol. The molecule has 0 aliphatic carbocycles. The summed E-state index contributed by atoms with van der Waals surface area (Å²) in [6.07, 6.45) is 0. The first-order chi connectivity index (χ1) is 9.13. The number of anilines is 1.